The average molecular weight is 296 g/mol. The van der Waals surface area contributed by atoms with Crippen LogP contribution >= 0.6 is 0 Å². The zero-order chi connectivity index (χ0) is 15.4. The van der Waals surface area contributed by atoms with Crippen molar-refractivity contribution in [3.63, 3.8) is 0 Å². The lowest BCUT2D eigenvalue weighted by atomic mass is 10.0. The van der Waals surface area contributed by atoms with E-state index in [0.29, 0.717) is 6.61 Å². The predicted octanol–water partition coefficient (Wildman–Crippen LogP) is 3.89. The highest BCUT2D eigenvalue weighted by molar-refractivity contribution is 5.90. The third kappa shape index (κ3) is 3.06. The van der Waals surface area contributed by atoms with Gasteiger partial charge < -0.3 is 15.4 Å². The van der Waals surface area contributed by atoms with E-state index in [9.17, 15) is 4.79 Å². The lowest BCUT2D eigenvalue weighted by Crippen LogP contribution is -2.35. The molecule has 1 aliphatic heterocycles. The van der Waals surface area contributed by atoms with Crippen molar-refractivity contribution in [2.45, 2.75) is 25.8 Å². The van der Waals surface area contributed by atoms with Crippen LogP contribution in [0.5, 0.6) is 5.75 Å². The molecule has 0 fully saturated rings. The van der Waals surface area contributed by atoms with Gasteiger partial charge in [0.2, 0.25) is 0 Å². The Balaban J connectivity index is 1.70. The average Bonchev–Trinajstić information content (AvgIpc) is 2.55. The fourth-order valence-electron chi connectivity index (χ4n) is 2.76. The highest BCUT2D eigenvalue weighted by Gasteiger charge is 2.22. The number of aryl methyl sites for hydroxylation is 1. The first kappa shape index (κ1) is 14.4. The summed E-state index contributed by atoms with van der Waals surface area (Å²) < 4.78 is 5.62. The molecule has 1 heterocycles. The van der Waals surface area contributed by atoms with Crippen LogP contribution in [0.4, 0.5) is 10.5 Å². The number of carbonyl (C=O) groups is 1. The molecule has 0 radical (unpaired) electrons. The van der Waals surface area contributed by atoms with Crippen molar-refractivity contribution in [2.24, 2.45) is 0 Å². The molecule has 0 aliphatic carbocycles. The van der Waals surface area contributed by atoms with E-state index < -0.39 is 0 Å². The summed E-state index contributed by atoms with van der Waals surface area (Å²) in [6, 6.07) is 15.5. The minimum atomic E-state index is -0.178. The first-order valence-corrected chi connectivity index (χ1v) is 7.65. The van der Waals surface area contributed by atoms with Crippen LogP contribution in [0.15, 0.2) is 48.5 Å². The Bertz CT molecular complexity index is 670. The molecule has 22 heavy (non-hydrogen) atoms. The van der Waals surface area contributed by atoms with Crippen molar-refractivity contribution in [3.8, 4) is 5.75 Å². The molecule has 2 aromatic carbocycles. The van der Waals surface area contributed by atoms with Gasteiger partial charge in [0.1, 0.15) is 5.75 Å². The zero-order valence-corrected chi connectivity index (χ0v) is 12.6. The number of nitrogens with one attached hydrogen (secondary N) is 2. The van der Waals surface area contributed by atoms with Crippen molar-refractivity contribution in [3.05, 3.63) is 59.7 Å². The normalized spacial score (nSPS) is 16.3. The van der Waals surface area contributed by atoms with Crippen molar-refractivity contribution < 1.29 is 9.53 Å². The largest absolute Gasteiger partial charge is 0.493 e. The van der Waals surface area contributed by atoms with E-state index in [0.717, 1.165) is 35.4 Å². The van der Waals surface area contributed by atoms with Crippen LogP contribution in [0, 0.1) is 0 Å². The number of para-hydroxylation sites is 2. The molecule has 0 bridgehead atoms. The van der Waals surface area contributed by atoms with Gasteiger partial charge >= 0.3 is 6.03 Å². The van der Waals surface area contributed by atoms with Gasteiger partial charge in [0, 0.05) is 17.7 Å². The molecule has 3 rings (SSSR count). The van der Waals surface area contributed by atoms with E-state index in [1.807, 2.05) is 48.5 Å². The van der Waals surface area contributed by atoms with Crippen molar-refractivity contribution in [1.29, 1.82) is 0 Å². The monoisotopic (exact) mass is 296 g/mol. The summed E-state index contributed by atoms with van der Waals surface area (Å²) in [5, 5.41) is 5.99. The molecule has 2 amide bonds. The van der Waals surface area contributed by atoms with Crippen molar-refractivity contribution in [2.75, 3.05) is 11.9 Å². The van der Waals surface area contributed by atoms with Gasteiger partial charge in [0.25, 0.3) is 0 Å². The molecule has 1 atom stereocenters. The molecule has 2 N–H and O–H groups in total. The van der Waals surface area contributed by atoms with Gasteiger partial charge in [-0.25, -0.2) is 4.79 Å². The Morgan fingerprint density at radius 1 is 1.18 bits per heavy atom. The van der Waals surface area contributed by atoms with Crippen LogP contribution in [0.1, 0.15) is 30.5 Å². The third-order valence-corrected chi connectivity index (χ3v) is 3.91. The van der Waals surface area contributed by atoms with Crippen LogP contribution in [0.2, 0.25) is 0 Å². The number of ether oxygens (including phenoxy) is 1. The van der Waals surface area contributed by atoms with Crippen molar-refractivity contribution >= 4 is 11.7 Å². The molecule has 4 heteroatoms. The molecule has 114 valence electrons. The SMILES string of the molecule is CCc1ccccc1NC(=O)NC1CCOc2ccccc21. The number of anilines is 1. The molecule has 2 aromatic rings. The van der Waals surface area contributed by atoms with Gasteiger partial charge in [0.05, 0.1) is 12.6 Å². The zero-order valence-electron chi connectivity index (χ0n) is 12.6. The van der Waals surface area contributed by atoms with E-state index in [-0.39, 0.29) is 12.1 Å². The number of hydrogen-bond acceptors (Lipinski definition) is 2. The second kappa shape index (κ2) is 6.52. The predicted molar refractivity (Wildman–Crippen MR) is 87.3 cm³/mol. The maximum absolute atomic E-state index is 12.3. The Morgan fingerprint density at radius 3 is 2.82 bits per heavy atom. The van der Waals surface area contributed by atoms with Crippen LogP contribution < -0.4 is 15.4 Å². The number of hydrogen-bond donors (Lipinski definition) is 2. The van der Waals surface area contributed by atoms with Gasteiger partial charge in [-0.3, -0.25) is 0 Å². The number of carbonyl (C=O) groups excluding carboxylic acids is 1. The minimum Gasteiger partial charge on any atom is -0.493 e. The molecular formula is C18H20N2O2. The molecule has 0 spiro atoms. The Kier molecular flexibility index (Phi) is 4.28. The summed E-state index contributed by atoms with van der Waals surface area (Å²) in [6.07, 6.45) is 1.66. The number of fused-ring (bicyclic) bond motifs is 1. The van der Waals surface area contributed by atoms with Gasteiger partial charge in [-0.2, -0.15) is 0 Å². The van der Waals surface area contributed by atoms with E-state index >= 15 is 0 Å². The van der Waals surface area contributed by atoms with E-state index in [2.05, 4.69) is 17.6 Å². The summed E-state index contributed by atoms with van der Waals surface area (Å²) in [6.45, 7) is 2.70. The standard InChI is InChI=1S/C18H20N2O2/c1-2-13-7-3-5-9-15(13)19-18(21)20-16-11-12-22-17-10-6-4-8-14(16)17/h3-10,16H,2,11-12H2,1H3,(H2,19,20,21). The fraction of sp³-hybridized carbons (Fsp3) is 0.278. The Labute approximate surface area is 130 Å². The lowest BCUT2D eigenvalue weighted by molar-refractivity contribution is 0.232. The number of benzene rings is 2. The van der Waals surface area contributed by atoms with Gasteiger partial charge in [-0.15, -0.1) is 0 Å². The second-order valence-corrected chi connectivity index (χ2v) is 5.34. The van der Waals surface area contributed by atoms with Gasteiger partial charge in [-0.1, -0.05) is 43.3 Å². The van der Waals surface area contributed by atoms with Crippen LogP contribution in [-0.4, -0.2) is 12.6 Å². The molecule has 0 aromatic heterocycles. The quantitative estimate of drug-likeness (QED) is 0.902. The number of amides is 2. The lowest BCUT2D eigenvalue weighted by Gasteiger charge is -2.26. The number of urea groups is 1. The van der Waals surface area contributed by atoms with E-state index in [4.69, 9.17) is 4.74 Å². The Morgan fingerprint density at radius 2 is 1.95 bits per heavy atom. The highest BCUT2D eigenvalue weighted by Crippen LogP contribution is 2.31. The maximum atomic E-state index is 12.3. The minimum absolute atomic E-state index is 0.0151. The molecule has 4 nitrogen and oxygen atoms in total. The van der Waals surface area contributed by atoms with Crippen molar-refractivity contribution in [1.82, 2.24) is 5.32 Å². The maximum Gasteiger partial charge on any atom is 0.319 e. The van der Waals surface area contributed by atoms with Gasteiger partial charge in [0.15, 0.2) is 0 Å². The van der Waals surface area contributed by atoms with Crippen LogP contribution in [0.3, 0.4) is 0 Å². The van der Waals surface area contributed by atoms with Gasteiger partial charge in [-0.05, 0) is 24.1 Å². The topological polar surface area (TPSA) is 50.4 Å². The summed E-state index contributed by atoms with van der Waals surface area (Å²) in [4.78, 5) is 12.3. The summed E-state index contributed by atoms with van der Waals surface area (Å²) >= 11 is 0. The van der Waals surface area contributed by atoms with Crippen LogP contribution in [-0.2, 0) is 6.42 Å². The Hall–Kier alpha value is -2.49. The molecule has 1 unspecified atom stereocenters. The van der Waals surface area contributed by atoms with E-state index in [1.54, 1.807) is 0 Å². The number of rotatable bonds is 3. The molecule has 1 aliphatic rings. The third-order valence-electron chi connectivity index (χ3n) is 3.91. The smallest absolute Gasteiger partial charge is 0.319 e. The summed E-state index contributed by atoms with van der Waals surface area (Å²) in [5.74, 6) is 0.855. The fourth-order valence-corrected chi connectivity index (χ4v) is 2.76. The van der Waals surface area contributed by atoms with Crippen LogP contribution in [0.25, 0.3) is 0 Å². The molecular weight excluding hydrogens is 276 g/mol. The molecule has 0 saturated carbocycles. The molecule has 0 saturated heterocycles. The summed E-state index contributed by atoms with van der Waals surface area (Å²) in [5.41, 5.74) is 3.03. The first-order valence-electron chi connectivity index (χ1n) is 7.65. The first-order chi connectivity index (χ1) is 10.8. The highest BCUT2D eigenvalue weighted by atomic mass is 16.5. The second-order valence-electron chi connectivity index (χ2n) is 5.34. The summed E-state index contributed by atoms with van der Waals surface area (Å²) in [7, 11) is 0. The van der Waals surface area contributed by atoms with E-state index in [1.165, 1.54) is 0 Å².